The highest BCUT2D eigenvalue weighted by Gasteiger charge is 2.05. The molecule has 0 bridgehead atoms. The van der Waals surface area contributed by atoms with Crippen LogP contribution in [0.3, 0.4) is 0 Å². The molecule has 0 fully saturated rings. The second-order valence-corrected chi connectivity index (χ2v) is 6.37. The minimum atomic E-state index is -0.209. The zero-order chi connectivity index (χ0) is 13.6. The molecule has 0 aliphatic carbocycles. The first kappa shape index (κ1) is 15.1. The topological polar surface area (TPSA) is 26.0 Å². The maximum atomic E-state index is 12.7. The molecule has 1 unspecified atom stereocenters. The minimum Gasteiger partial charge on any atom is -0.326 e. The van der Waals surface area contributed by atoms with Crippen LogP contribution in [0.15, 0.2) is 29.2 Å². The lowest BCUT2D eigenvalue weighted by Crippen LogP contribution is -2.22. The van der Waals surface area contributed by atoms with Crippen LogP contribution in [-0.2, 0) is 0 Å². The van der Waals surface area contributed by atoms with E-state index in [0.717, 1.165) is 10.6 Å². The quantitative estimate of drug-likeness (QED) is 0.664. The van der Waals surface area contributed by atoms with Gasteiger partial charge in [0.1, 0.15) is 5.82 Å². The summed E-state index contributed by atoms with van der Waals surface area (Å²) in [6, 6.07) is 6.52. The van der Waals surface area contributed by atoms with Crippen LogP contribution in [-0.4, -0.2) is 11.8 Å². The molecule has 2 N–H and O–H groups in total. The molecule has 1 nitrogen and oxygen atoms in total. The van der Waals surface area contributed by atoms with Crippen molar-refractivity contribution in [3.63, 3.8) is 0 Å². The Morgan fingerprint density at radius 2 is 1.89 bits per heavy atom. The predicted molar refractivity (Wildman–Crippen MR) is 76.9 cm³/mol. The molecule has 1 aromatic rings. The Balaban J connectivity index is 2.34. The number of rotatable bonds is 4. The lowest BCUT2D eigenvalue weighted by molar-refractivity contribution is 0.569. The fourth-order valence-electron chi connectivity index (χ4n) is 1.24. The Hall–Kier alpha value is -0.980. The van der Waals surface area contributed by atoms with Crippen molar-refractivity contribution in [3.8, 4) is 11.8 Å². The number of halogens is 1. The van der Waals surface area contributed by atoms with Gasteiger partial charge in [-0.1, -0.05) is 5.92 Å². The number of hydrogen-bond acceptors (Lipinski definition) is 2. The van der Waals surface area contributed by atoms with Gasteiger partial charge in [0.25, 0.3) is 0 Å². The van der Waals surface area contributed by atoms with Crippen molar-refractivity contribution in [1.29, 1.82) is 0 Å². The highest BCUT2D eigenvalue weighted by atomic mass is 32.2. The Labute approximate surface area is 113 Å². The van der Waals surface area contributed by atoms with E-state index in [4.69, 9.17) is 5.73 Å². The van der Waals surface area contributed by atoms with Crippen molar-refractivity contribution in [1.82, 2.24) is 0 Å². The molecule has 1 aromatic carbocycles. The molecule has 0 aliphatic heterocycles. The third-order valence-electron chi connectivity index (χ3n) is 2.11. The molecule has 1 atom stereocenters. The number of hydrogen-bond donors (Lipinski definition) is 1. The molecule has 0 amide bonds. The van der Waals surface area contributed by atoms with Crippen molar-refractivity contribution >= 4 is 11.8 Å². The molecule has 0 saturated heterocycles. The van der Waals surface area contributed by atoms with Crippen LogP contribution in [0.2, 0.25) is 0 Å². The van der Waals surface area contributed by atoms with Gasteiger partial charge in [0, 0.05) is 28.5 Å². The standard InChI is InChI=1S/C15H20FNS/c1-15(2,3)10-4-5-13(17)11-18-14-8-6-12(16)7-9-14/h6-9,13H,5,11,17H2,1-3H3. The summed E-state index contributed by atoms with van der Waals surface area (Å²) < 4.78 is 12.7. The van der Waals surface area contributed by atoms with E-state index in [-0.39, 0.29) is 17.3 Å². The van der Waals surface area contributed by atoms with Crippen molar-refractivity contribution in [2.24, 2.45) is 11.1 Å². The summed E-state index contributed by atoms with van der Waals surface area (Å²) in [5, 5.41) is 0. The summed E-state index contributed by atoms with van der Waals surface area (Å²) in [5.41, 5.74) is 6.01. The van der Waals surface area contributed by atoms with Gasteiger partial charge in [0.15, 0.2) is 0 Å². The smallest absolute Gasteiger partial charge is 0.123 e. The summed E-state index contributed by atoms with van der Waals surface area (Å²) >= 11 is 1.64. The maximum absolute atomic E-state index is 12.7. The van der Waals surface area contributed by atoms with Crippen molar-refractivity contribution < 1.29 is 4.39 Å². The highest BCUT2D eigenvalue weighted by molar-refractivity contribution is 7.99. The van der Waals surface area contributed by atoms with Crippen LogP contribution in [0.25, 0.3) is 0 Å². The summed E-state index contributed by atoms with van der Waals surface area (Å²) in [7, 11) is 0. The lowest BCUT2D eigenvalue weighted by atomic mass is 9.98. The lowest BCUT2D eigenvalue weighted by Gasteiger charge is -2.09. The van der Waals surface area contributed by atoms with Gasteiger partial charge in [0.05, 0.1) is 0 Å². The summed E-state index contributed by atoms with van der Waals surface area (Å²) in [6.45, 7) is 6.25. The van der Waals surface area contributed by atoms with E-state index in [0.29, 0.717) is 6.42 Å². The molecule has 3 heteroatoms. The molecular formula is C15H20FNS. The van der Waals surface area contributed by atoms with Crippen molar-refractivity contribution in [2.75, 3.05) is 5.75 Å². The average molecular weight is 265 g/mol. The number of nitrogens with two attached hydrogens (primary N) is 1. The van der Waals surface area contributed by atoms with E-state index in [2.05, 4.69) is 32.6 Å². The van der Waals surface area contributed by atoms with Crippen molar-refractivity contribution in [2.45, 2.75) is 38.1 Å². The van der Waals surface area contributed by atoms with E-state index in [9.17, 15) is 4.39 Å². The van der Waals surface area contributed by atoms with Gasteiger partial charge in [-0.25, -0.2) is 4.39 Å². The van der Waals surface area contributed by atoms with Crippen molar-refractivity contribution in [3.05, 3.63) is 30.1 Å². The van der Waals surface area contributed by atoms with E-state index < -0.39 is 0 Å². The van der Waals surface area contributed by atoms with E-state index in [1.165, 1.54) is 12.1 Å². The Morgan fingerprint density at radius 3 is 2.44 bits per heavy atom. The first-order chi connectivity index (χ1) is 8.37. The van der Waals surface area contributed by atoms with Gasteiger partial charge >= 0.3 is 0 Å². The number of thioether (sulfide) groups is 1. The molecule has 98 valence electrons. The van der Waals surface area contributed by atoms with E-state index >= 15 is 0 Å². The Morgan fingerprint density at radius 1 is 1.28 bits per heavy atom. The second-order valence-electron chi connectivity index (χ2n) is 5.28. The zero-order valence-corrected chi connectivity index (χ0v) is 12.0. The first-order valence-corrected chi connectivity index (χ1v) is 6.99. The Kier molecular flexibility index (Phi) is 5.71. The average Bonchev–Trinajstić information content (AvgIpc) is 2.26. The first-order valence-electron chi connectivity index (χ1n) is 6.01. The molecule has 0 spiro atoms. The largest absolute Gasteiger partial charge is 0.326 e. The molecule has 1 rings (SSSR count). The monoisotopic (exact) mass is 265 g/mol. The minimum absolute atomic E-state index is 0.0316. The molecule has 0 aromatic heterocycles. The van der Waals surface area contributed by atoms with Crippen LogP contribution >= 0.6 is 11.8 Å². The highest BCUT2D eigenvalue weighted by Crippen LogP contribution is 2.19. The van der Waals surface area contributed by atoms with E-state index in [1.807, 2.05) is 0 Å². The maximum Gasteiger partial charge on any atom is 0.123 e. The normalized spacial score (nSPS) is 12.7. The second kappa shape index (κ2) is 6.82. The van der Waals surface area contributed by atoms with Gasteiger partial charge in [0.2, 0.25) is 0 Å². The Bertz CT molecular complexity index is 423. The zero-order valence-electron chi connectivity index (χ0n) is 11.2. The van der Waals surface area contributed by atoms with Gasteiger partial charge in [-0.15, -0.1) is 17.7 Å². The SMILES string of the molecule is CC(C)(C)C#CCC(N)CSc1ccc(F)cc1. The van der Waals surface area contributed by atoms with Gasteiger partial charge < -0.3 is 5.73 Å². The number of benzene rings is 1. The molecule has 18 heavy (non-hydrogen) atoms. The van der Waals surface area contributed by atoms with Crippen LogP contribution in [0.4, 0.5) is 4.39 Å². The molecule has 0 heterocycles. The predicted octanol–water partition coefficient (Wildman–Crippen LogP) is 3.68. The molecule has 0 saturated carbocycles. The molecular weight excluding hydrogens is 245 g/mol. The molecule has 0 aliphatic rings. The summed E-state index contributed by atoms with van der Waals surface area (Å²) in [4.78, 5) is 1.04. The van der Waals surface area contributed by atoms with Gasteiger partial charge in [-0.3, -0.25) is 0 Å². The molecule has 0 radical (unpaired) electrons. The van der Waals surface area contributed by atoms with Crippen LogP contribution in [0.1, 0.15) is 27.2 Å². The van der Waals surface area contributed by atoms with Crippen LogP contribution in [0.5, 0.6) is 0 Å². The van der Waals surface area contributed by atoms with Gasteiger partial charge in [-0.05, 0) is 45.0 Å². The van der Waals surface area contributed by atoms with Crippen LogP contribution in [0, 0.1) is 23.1 Å². The summed E-state index contributed by atoms with van der Waals surface area (Å²) in [5.74, 6) is 6.88. The fourth-order valence-corrected chi connectivity index (χ4v) is 2.09. The van der Waals surface area contributed by atoms with Gasteiger partial charge in [-0.2, -0.15) is 0 Å². The summed E-state index contributed by atoms with van der Waals surface area (Å²) in [6.07, 6.45) is 0.700. The fraction of sp³-hybridized carbons (Fsp3) is 0.467. The third kappa shape index (κ3) is 6.68. The van der Waals surface area contributed by atoms with E-state index in [1.54, 1.807) is 23.9 Å². The third-order valence-corrected chi connectivity index (χ3v) is 3.31. The van der Waals surface area contributed by atoms with Crippen LogP contribution < -0.4 is 5.73 Å².